The van der Waals surface area contributed by atoms with Crippen molar-refractivity contribution in [1.82, 2.24) is 4.90 Å². The van der Waals surface area contributed by atoms with Crippen LogP contribution in [0.5, 0.6) is 0 Å². The molecule has 1 fully saturated rings. The lowest BCUT2D eigenvalue weighted by atomic mass is 9.83. The number of rotatable bonds is 4. The Morgan fingerprint density at radius 3 is 2.35 bits per heavy atom. The van der Waals surface area contributed by atoms with Crippen molar-refractivity contribution in [2.45, 2.75) is 45.7 Å². The van der Waals surface area contributed by atoms with Crippen LogP contribution in [0, 0.1) is 0 Å². The van der Waals surface area contributed by atoms with Gasteiger partial charge in [0, 0.05) is 18.6 Å². The molecule has 2 rings (SSSR count). The smallest absolute Gasteiger partial charge is 0.0239 e. The van der Waals surface area contributed by atoms with E-state index in [1.54, 1.807) is 0 Å². The Morgan fingerprint density at radius 1 is 1.24 bits per heavy atom. The molecule has 1 aromatic carbocycles. The highest BCUT2D eigenvalue weighted by molar-refractivity contribution is 5.15. The minimum atomic E-state index is 0.352. The van der Waals surface area contributed by atoms with E-state index in [0.29, 0.717) is 5.54 Å². The molecule has 2 N–H and O–H groups in total. The van der Waals surface area contributed by atoms with Gasteiger partial charge >= 0.3 is 0 Å². The molecule has 96 valence electrons. The van der Waals surface area contributed by atoms with Crippen LogP contribution in [0.25, 0.3) is 0 Å². The highest BCUT2D eigenvalue weighted by Crippen LogP contribution is 2.34. The molecule has 0 spiro atoms. The number of nitrogens with two attached hydrogens (primary N) is 1. The van der Waals surface area contributed by atoms with Gasteiger partial charge in [-0.25, -0.2) is 0 Å². The van der Waals surface area contributed by atoms with Crippen molar-refractivity contribution in [3.63, 3.8) is 0 Å². The van der Waals surface area contributed by atoms with Crippen LogP contribution >= 0.6 is 0 Å². The molecular weight excluding hydrogens is 208 g/mol. The fraction of sp³-hybridized carbons (Fsp3) is 0.600. The zero-order valence-electron chi connectivity index (χ0n) is 11.4. The van der Waals surface area contributed by atoms with Crippen molar-refractivity contribution in [3.8, 4) is 0 Å². The first-order chi connectivity index (χ1) is 8.24. The predicted molar refractivity (Wildman–Crippen MR) is 74.9 cm³/mol. The lowest BCUT2D eigenvalue weighted by Crippen LogP contribution is -2.57. The van der Waals surface area contributed by atoms with Gasteiger partial charge in [-0.15, -0.1) is 0 Å². The summed E-state index contributed by atoms with van der Waals surface area (Å²) in [5.74, 6) is 0. The van der Waals surface area contributed by atoms with E-state index in [1.807, 2.05) is 13.8 Å². The van der Waals surface area contributed by atoms with Gasteiger partial charge in [-0.05, 0) is 31.9 Å². The molecule has 1 atom stereocenters. The second-order valence-corrected chi connectivity index (χ2v) is 4.69. The van der Waals surface area contributed by atoms with E-state index in [0.717, 1.165) is 19.5 Å². The van der Waals surface area contributed by atoms with Gasteiger partial charge in [-0.2, -0.15) is 0 Å². The summed E-state index contributed by atoms with van der Waals surface area (Å²) in [6.07, 6.45) is 2.40. The zero-order chi connectivity index (χ0) is 12.7. The van der Waals surface area contributed by atoms with E-state index in [2.05, 4.69) is 42.2 Å². The summed E-state index contributed by atoms with van der Waals surface area (Å²) in [7, 11) is 0. The van der Waals surface area contributed by atoms with Gasteiger partial charge < -0.3 is 5.73 Å². The number of likely N-dealkylation sites (tertiary alicyclic amines) is 1. The van der Waals surface area contributed by atoms with Crippen molar-refractivity contribution in [2.24, 2.45) is 5.73 Å². The van der Waals surface area contributed by atoms with E-state index in [-0.39, 0.29) is 0 Å². The average Bonchev–Trinajstić information content (AvgIpc) is 2.39. The minimum absolute atomic E-state index is 0.352. The maximum Gasteiger partial charge on any atom is 0.0239 e. The second kappa shape index (κ2) is 6.77. The fourth-order valence-corrected chi connectivity index (χ4v) is 2.32. The van der Waals surface area contributed by atoms with Crippen LogP contribution in [-0.2, 0) is 6.54 Å². The molecule has 0 aromatic heterocycles. The molecule has 1 aromatic rings. The fourth-order valence-electron chi connectivity index (χ4n) is 2.32. The standard InChI is InChI=1S/C13H20N2.C2H6/c1-13(7-9-14)8-10-15(13)11-12-5-3-2-4-6-12;1-2/h2-6H,7-11,14H2,1H3;1-2H3/t13-;/m1./s1. The minimum Gasteiger partial charge on any atom is -0.330 e. The lowest BCUT2D eigenvalue weighted by Gasteiger charge is -2.51. The third kappa shape index (κ3) is 3.55. The lowest BCUT2D eigenvalue weighted by molar-refractivity contribution is -0.0120. The maximum atomic E-state index is 5.65. The van der Waals surface area contributed by atoms with E-state index in [9.17, 15) is 0 Å². The number of hydrogen-bond donors (Lipinski definition) is 1. The largest absolute Gasteiger partial charge is 0.330 e. The summed E-state index contributed by atoms with van der Waals surface area (Å²) >= 11 is 0. The average molecular weight is 234 g/mol. The monoisotopic (exact) mass is 234 g/mol. The predicted octanol–water partition coefficient (Wildman–Crippen LogP) is 3.03. The first-order valence-corrected chi connectivity index (χ1v) is 6.74. The first-order valence-electron chi connectivity index (χ1n) is 6.74. The summed E-state index contributed by atoms with van der Waals surface area (Å²) in [6.45, 7) is 9.40. The molecule has 0 aliphatic carbocycles. The Morgan fingerprint density at radius 2 is 1.88 bits per heavy atom. The highest BCUT2D eigenvalue weighted by atomic mass is 15.2. The second-order valence-electron chi connectivity index (χ2n) is 4.69. The number of benzene rings is 1. The third-order valence-electron chi connectivity index (χ3n) is 3.58. The van der Waals surface area contributed by atoms with E-state index in [4.69, 9.17) is 5.73 Å². The van der Waals surface area contributed by atoms with E-state index >= 15 is 0 Å². The molecule has 1 aliphatic heterocycles. The summed E-state index contributed by atoms with van der Waals surface area (Å²) in [5.41, 5.74) is 7.41. The molecule has 0 saturated carbocycles. The Balaban J connectivity index is 0.000000686. The van der Waals surface area contributed by atoms with Gasteiger partial charge in [0.25, 0.3) is 0 Å². The van der Waals surface area contributed by atoms with Crippen molar-refractivity contribution in [2.75, 3.05) is 13.1 Å². The highest BCUT2D eigenvalue weighted by Gasteiger charge is 2.38. The molecule has 1 saturated heterocycles. The Kier molecular flexibility index (Phi) is 5.66. The molecule has 2 nitrogen and oxygen atoms in total. The summed E-state index contributed by atoms with van der Waals surface area (Å²) in [6, 6.07) is 10.7. The van der Waals surface area contributed by atoms with Crippen molar-refractivity contribution >= 4 is 0 Å². The molecule has 0 bridgehead atoms. The van der Waals surface area contributed by atoms with Crippen LogP contribution in [0.4, 0.5) is 0 Å². The van der Waals surface area contributed by atoms with Crippen molar-refractivity contribution in [1.29, 1.82) is 0 Å². The van der Waals surface area contributed by atoms with Crippen LogP contribution in [0.15, 0.2) is 30.3 Å². The molecule has 0 unspecified atom stereocenters. The normalized spacial score (nSPS) is 23.5. The summed E-state index contributed by atoms with van der Waals surface area (Å²) in [5, 5.41) is 0. The zero-order valence-corrected chi connectivity index (χ0v) is 11.4. The van der Waals surface area contributed by atoms with E-state index in [1.165, 1.54) is 18.5 Å². The third-order valence-corrected chi connectivity index (χ3v) is 3.58. The summed E-state index contributed by atoms with van der Waals surface area (Å²) in [4.78, 5) is 2.54. The van der Waals surface area contributed by atoms with Crippen molar-refractivity contribution in [3.05, 3.63) is 35.9 Å². The van der Waals surface area contributed by atoms with Gasteiger partial charge in [0.2, 0.25) is 0 Å². The van der Waals surface area contributed by atoms with Crippen LogP contribution in [0.2, 0.25) is 0 Å². The number of nitrogens with zero attached hydrogens (tertiary/aromatic N) is 1. The van der Waals surface area contributed by atoms with Crippen molar-refractivity contribution < 1.29 is 0 Å². The quantitative estimate of drug-likeness (QED) is 0.867. The van der Waals surface area contributed by atoms with Crippen LogP contribution in [0.3, 0.4) is 0 Å². The van der Waals surface area contributed by atoms with Crippen LogP contribution in [0.1, 0.15) is 39.2 Å². The van der Waals surface area contributed by atoms with Gasteiger partial charge in [0.15, 0.2) is 0 Å². The van der Waals surface area contributed by atoms with Gasteiger partial charge in [0.1, 0.15) is 0 Å². The molecule has 1 aliphatic rings. The molecule has 0 radical (unpaired) electrons. The maximum absolute atomic E-state index is 5.65. The van der Waals surface area contributed by atoms with E-state index < -0.39 is 0 Å². The molecule has 17 heavy (non-hydrogen) atoms. The molecule has 1 heterocycles. The molecule has 0 amide bonds. The SMILES string of the molecule is CC.C[C@@]1(CCN)CCN1Cc1ccccc1. The summed E-state index contributed by atoms with van der Waals surface area (Å²) < 4.78 is 0. The Bertz CT molecular complexity index is 310. The first kappa shape index (κ1) is 14.2. The van der Waals surface area contributed by atoms with Crippen LogP contribution in [-0.4, -0.2) is 23.5 Å². The van der Waals surface area contributed by atoms with Gasteiger partial charge in [-0.1, -0.05) is 44.2 Å². The molecule has 2 heteroatoms. The molecular formula is C15H26N2. The van der Waals surface area contributed by atoms with Crippen LogP contribution < -0.4 is 5.73 Å². The topological polar surface area (TPSA) is 29.3 Å². The Labute approximate surface area is 106 Å². The number of hydrogen-bond acceptors (Lipinski definition) is 2. The van der Waals surface area contributed by atoms with Gasteiger partial charge in [0.05, 0.1) is 0 Å². The Hall–Kier alpha value is -0.860. The van der Waals surface area contributed by atoms with Gasteiger partial charge in [-0.3, -0.25) is 4.90 Å².